The van der Waals surface area contributed by atoms with Crippen molar-refractivity contribution in [1.82, 2.24) is 0 Å². The molecule has 0 bridgehead atoms. The first-order chi connectivity index (χ1) is 11.8. The van der Waals surface area contributed by atoms with Crippen LogP contribution in [-0.4, -0.2) is 0 Å². The molecule has 128 valence electrons. The summed E-state index contributed by atoms with van der Waals surface area (Å²) in [6.07, 6.45) is 8.35. The topological polar surface area (TPSA) is 9.23 Å². The fourth-order valence-electron chi connectivity index (χ4n) is 4.01. The molecule has 24 heavy (non-hydrogen) atoms. The van der Waals surface area contributed by atoms with Crippen molar-refractivity contribution in [1.29, 1.82) is 0 Å². The van der Waals surface area contributed by atoms with Gasteiger partial charge in [0, 0.05) is 0 Å². The Balaban J connectivity index is 1.56. The Morgan fingerprint density at radius 1 is 0.917 bits per heavy atom. The van der Waals surface area contributed by atoms with Crippen molar-refractivity contribution < 1.29 is 4.74 Å². The van der Waals surface area contributed by atoms with Gasteiger partial charge in [-0.05, 0) is 67.7 Å². The van der Waals surface area contributed by atoms with E-state index in [1.165, 1.54) is 49.7 Å². The van der Waals surface area contributed by atoms with Crippen molar-refractivity contribution in [3.8, 4) is 5.75 Å². The lowest BCUT2D eigenvalue weighted by Gasteiger charge is -2.28. The van der Waals surface area contributed by atoms with E-state index in [0.29, 0.717) is 0 Å². The second kappa shape index (κ2) is 8.37. The molecule has 0 aliphatic heterocycles. The average Bonchev–Trinajstić information content (AvgIpc) is 2.64. The Labute approximate surface area is 147 Å². The lowest BCUT2D eigenvalue weighted by molar-refractivity contribution is 0.227. The Bertz CT molecular complexity index is 594. The molecule has 0 aromatic heterocycles. The monoisotopic (exact) mass is 322 g/mol. The van der Waals surface area contributed by atoms with E-state index >= 15 is 0 Å². The second-order valence-corrected chi connectivity index (χ2v) is 7.25. The van der Waals surface area contributed by atoms with Crippen LogP contribution in [0.25, 0.3) is 0 Å². The first-order valence-corrected chi connectivity index (χ1v) is 9.57. The zero-order chi connectivity index (χ0) is 16.8. The highest BCUT2D eigenvalue weighted by Crippen LogP contribution is 2.38. The summed E-state index contributed by atoms with van der Waals surface area (Å²) in [6.45, 7) is 4.42. The quantitative estimate of drug-likeness (QED) is 0.562. The number of hydrogen-bond donors (Lipinski definition) is 0. The van der Waals surface area contributed by atoms with Crippen molar-refractivity contribution in [3.63, 3.8) is 0 Å². The molecule has 1 nitrogen and oxygen atoms in total. The van der Waals surface area contributed by atoms with Gasteiger partial charge in [-0.1, -0.05) is 62.2 Å². The molecule has 0 amide bonds. The smallest absolute Gasteiger partial charge is 0.121 e. The summed E-state index contributed by atoms with van der Waals surface area (Å²) in [7, 11) is 0. The van der Waals surface area contributed by atoms with Crippen molar-refractivity contribution >= 4 is 0 Å². The predicted octanol–water partition coefficient (Wildman–Crippen LogP) is 6.90. The molecule has 2 aromatic carbocycles. The summed E-state index contributed by atoms with van der Waals surface area (Å²) in [5.41, 5.74) is 2.71. The van der Waals surface area contributed by atoms with Crippen LogP contribution in [-0.2, 0) is 0 Å². The maximum Gasteiger partial charge on any atom is 0.121 e. The minimum Gasteiger partial charge on any atom is -0.486 e. The van der Waals surface area contributed by atoms with Crippen LogP contribution in [0.4, 0.5) is 0 Å². The third-order valence-electron chi connectivity index (χ3n) is 5.48. The Morgan fingerprint density at radius 2 is 1.58 bits per heavy atom. The Kier molecular flexibility index (Phi) is 5.96. The van der Waals surface area contributed by atoms with Gasteiger partial charge in [0.1, 0.15) is 11.9 Å². The lowest BCUT2D eigenvalue weighted by Crippen LogP contribution is -2.13. The zero-order valence-electron chi connectivity index (χ0n) is 15.1. The van der Waals surface area contributed by atoms with Gasteiger partial charge < -0.3 is 4.74 Å². The van der Waals surface area contributed by atoms with Crippen LogP contribution in [0.15, 0.2) is 54.6 Å². The molecule has 2 aromatic rings. The van der Waals surface area contributed by atoms with Crippen LogP contribution < -0.4 is 4.74 Å². The molecule has 3 rings (SSSR count). The molecular weight excluding hydrogens is 292 g/mol. The van der Waals surface area contributed by atoms with Crippen LogP contribution in [0.2, 0.25) is 0 Å². The lowest BCUT2D eigenvalue weighted by atomic mass is 9.77. The van der Waals surface area contributed by atoms with Gasteiger partial charge in [0.2, 0.25) is 0 Å². The second-order valence-electron chi connectivity index (χ2n) is 7.25. The summed E-state index contributed by atoms with van der Waals surface area (Å²) in [6, 6.07) is 19.2. The normalized spacial score (nSPS) is 22.1. The molecule has 0 unspecified atom stereocenters. The van der Waals surface area contributed by atoms with Crippen molar-refractivity contribution in [3.05, 3.63) is 65.7 Å². The minimum absolute atomic E-state index is 0.0848. The SMILES string of the molecule is CCCC1CCC(c2ccc(O[C@H](C)c3ccccc3)cc2)CC1. The average molecular weight is 322 g/mol. The van der Waals surface area contributed by atoms with Crippen LogP contribution in [0.5, 0.6) is 5.75 Å². The molecule has 1 heteroatoms. The molecule has 0 radical (unpaired) electrons. The Morgan fingerprint density at radius 3 is 2.21 bits per heavy atom. The summed E-state index contributed by atoms with van der Waals surface area (Å²) in [5.74, 6) is 2.69. The zero-order valence-corrected chi connectivity index (χ0v) is 15.1. The fraction of sp³-hybridized carbons (Fsp3) is 0.478. The maximum atomic E-state index is 6.09. The van der Waals surface area contributed by atoms with E-state index in [2.05, 4.69) is 62.4 Å². The van der Waals surface area contributed by atoms with Gasteiger partial charge in [-0.15, -0.1) is 0 Å². The standard InChI is InChI=1S/C23H30O/c1-3-7-19-10-12-21(13-11-19)22-14-16-23(17-15-22)24-18(2)20-8-5-4-6-9-20/h4-6,8-9,14-19,21H,3,7,10-13H2,1-2H3/t18-,19?,21?/m1/s1. The van der Waals surface area contributed by atoms with Crippen LogP contribution in [0.3, 0.4) is 0 Å². The number of rotatable bonds is 6. The van der Waals surface area contributed by atoms with Gasteiger partial charge in [0.25, 0.3) is 0 Å². The molecule has 0 spiro atoms. The van der Waals surface area contributed by atoms with E-state index in [-0.39, 0.29) is 6.10 Å². The third-order valence-corrected chi connectivity index (χ3v) is 5.48. The summed E-state index contributed by atoms with van der Waals surface area (Å²) in [5, 5.41) is 0. The van der Waals surface area contributed by atoms with E-state index in [9.17, 15) is 0 Å². The van der Waals surface area contributed by atoms with E-state index in [4.69, 9.17) is 4.74 Å². The molecule has 1 aliphatic rings. The molecule has 1 aliphatic carbocycles. The van der Waals surface area contributed by atoms with Crippen molar-refractivity contribution in [2.75, 3.05) is 0 Å². The van der Waals surface area contributed by atoms with Gasteiger partial charge in [-0.2, -0.15) is 0 Å². The summed E-state index contributed by atoms with van der Waals surface area (Å²) >= 11 is 0. The highest BCUT2D eigenvalue weighted by Gasteiger charge is 2.21. The molecular formula is C23H30O. The van der Waals surface area contributed by atoms with E-state index in [1.807, 2.05) is 6.07 Å². The minimum atomic E-state index is 0.0848. The number of hydrogen-bond acceptors (Lipinski definition) is 1. The van der Waals surface area contributed by atoms with Crippen LogP contribution >= 0.6 is 0 Å². The molecule has 0 saturated heterocycles. The highest BCUT2D eigenvalue weighted by atomic mass is 16.5. The van der Waals surface area contributed by atoms with Gasteiger partial charge in [-0.25, -0.2) is 0 Å². The van der Waals surface area contributed by atoms with E-state index < -0.39 is 0 Å². The van der Waals surface area contributed by atoms with Crippen LogP contribution in [0.1, 0.15) is 75.5 Å². The van der Waals surface area contributed by atoms with Crippen molar-refractivity contribution in [2.45, 2.75) is 64.4 Å². The first kappa shape index (κ1) is 17.1. The molecule has 1 fully saturated rings. The van der Waals surface area contributed by atoms with Gasteiger partial charge >= 0.3 is 0 Å². The molecule has 0 heterocycles. The van der Waals surface area contributed by atoms with Crippen LogP contribution in [0, 0.1) is 5.92 Å². The largest absolute Gasteiger partial charge is 0.486 e. The van der Waals surface area contributed by atoms with Gasteiger partial charge in [0.15, 0.2) is 0 Å². The fourth-order valence-corrected chi connectivity index (χ4v) is 4.01. The van der Waals surface area contributed by atoms with Gasteiger partial charge in [0.05, 0.1) is 0 Å². The summed E-state index contributed by atoms with van der Waals surface area (Å²) in [4.78, 5) is 0. The highest BCUT2D eigenvalue weighted by molar-refractivity contribution is 5.30. The first-order valence-electron chi connectivity index (χ1n) is 9.57. The number of ether oxygens (including phenoxy) is 1. The summed E-state index contributed by atoms with van der Waals surface area (Å²) < 4.78 is 6.09. The number of benzene rings is 2. The molecule has 1 atom stereocenters. The van der Waals surface area contributed by atoms with Crippen molar-refractivity contribution in [2.24, 2.45) is 5.92 Å². The van der Waals surface area contributed by atoms with Gasteiger partial charge in [-0.3, -0.25) is 0 Å². The third kappa shape index (κ3) is 4.41. The molecule has 1 saturated carbocycles. The predicted molar refractivity (Wildman–Crippen MR) is 102 cm³/mol. The van der Waals surface area contributed by atoms with E-state index in [1.54, 1.807) is 0 Å². The van der Waals surface area contributed by atoms with E-state index in [0.717, 1.165) is 17.6 Å². The maximum absolute atomic E-state index is 6.09. The Hall–Kier alpha value is -1.76. The molecule has 0 N–H and O–H groups in total.